The number of aliphatic hydroxyl groups excluding tert-OH is 2. The zero-order valence-corrected chi connectivity index (χ0v) is 37.5. The standard InChI is InChI=1S/C38H63N11O19/c1-4-16(2)29(36(66)46-21(37(67)68)6-5-13-42-38(40)41)49-32(62)20(9-12-26(56)57)44-30(60)18(7-10-24(52)53)43-31(61)19(8-11-25(54)55)45-34(64)23(15-50)48-33(63)22(14-27(58)59)47-35(65)28(39)17(3)51/h16-23,28-29,50-51H,4-15,39H2,1-3H3,(H,43,61)(H,44,60)(H,45,64)(H,46,66)(H,47,65)(H,48,63)(H,49,62)(H,52,53)(H,54,55)(H,56,57)(H,58,59)(H,67,68)(H4,40,41,42)/t16-,17+,18-,19-,20-,21-,22-,23-,28-,29-/m0/s1. The van der Waals surface area contributed by atoms with Gasteiger partial charge in [0.05, 0.1) is 19.1 Å². The zero-order valence-electron chi connectivity index (χ0n) is 37.5. The predicted octanol–water partition coefficient (Wildman–Crippen LogP) is -6.67. The molecule has 0 rings (SSSR count). The van der Waals surface area contributed by atoms with E-state index in [1.807, 2.05) is 10.6 Å². The van der Waals surface area contributed by atoms with Crippen molar-refractivity contribution in [2.24, 2.45) is 28.1 Å². The van der Waals surface area contributed by atoms with Crippen LogP contribution in [-0.2, 0) is 57.5 Å². The first kappa shape index (κ1) is 60.8. The van der Waals surface area contributed by atoms with Crippen molar-refractivity contribution >= 4 is 77.2 Å². The van der Waals surface area contributed by atoms with Crippen LogP contribution in [0.1, 0.15) is 85.0 Å². The van der Waals surface area contributed by atoms with Crippen molar-refractivity contribution in [2.75, 3.05) is 13.2 Å². The minimum absolute atomic E-state index is 0.0264. The van der Waals surface area contributed by atoms with Gasteiger partial charge < -0.3 is 90.2 Å². The van der Waals surface area contributed by atoms with Gasteiger partial charge in [-0.3, -0.25) is 57.7 Å². The van der Waals surface area contributed by atoms with Crippen LogP contribution in [0.4, 0.5) is 0 Å². The van der Waals surface area contributed by atoms with Gasteiger partial charge in [0.25, 0.3) is 0 Å². The highest BCUT2D eigenvalue weighted by Crippen LogP contribution is 2.12. The summed E-state index contributed by atoms with van der Waals surface area (Å²) in [6.45, 7) is 3.06. The monoisotopic (exact) mass is 977 g/mol. The van der Waals surface area contributed by atoms with Gasteiger partial charge in [-0.2, -0.15) is 0 Å². The van der Waals surface area contributed by atoms with Gasteiger partial charge in [-0.1, -0.05) is 20.3 Å². The molecule has 0 unspecified atom stereocenters. The molecule has 20 N–H and O–H groups in total. The highest BCUT2D eigenvalue weighted by Gasteiger charge is 2.36. The molecule has 10 atom stereocenters. The molecule has 0 radical (unpaired) electrons. The first-order valence-electron chi connectivity index (χ1n) is 21.0. The smallest absolute Gasteiger partial charge is 0.326 e. The topological polar surface area (TPSA) is 521 Å². The molecule has 384 valence electrons. The third-order valence-electron chi connectivity index (χ3n) is 9.84. The minimum atomic E-state index is -2.02. The summed E-state index contributed by atoms with van der Waals surface area (Å²) in [5, 5.41) is 81.7. The van der Waals surface area contributed by atoms with E-state index in [-0.39, 0.29) is 31.8 Å². The highest BCUT2D eigenvalue weighted by molar-refractivity contribution is 5.98. The number of carboxylic acids is 5. The van der Waals surface area contributed by atoms with E-state index in [0.29, 0.717) is 0 Å². The summed E-state index contributed by atoms with van der Waals surface area (Å²) in [6.07, 6.45) is -6.91. The maximum absolute atomic E-state index is 13.8. The fourth-order valence-electron chi connectivity index (χ4n) is 5.74. The number of carbonyl (C=O) groups is 12. The lowest BCUT2D eigenvalue weighted by Crippen LogP contribution is -2.61. The van der Waals surface area contributed by atoms with Crippen LogP contribution in [0.5, 0.6) is 0 Å². The number of carboxylic acid groups (broad SMARTS) is 5. The fourth-order valence-corrected chi connectivity index (χ4v) is 5.74. The number of guanidine groups is 1. The molecule has 0 heterocycles. The molecule has 0 bridgehead atoms. The van der Waals surface area contributed by atoms with Crippen LogP contribution in [0.25, 0.3) is 0 Å². The van der Waals surface area contributed by atoms with E-state index in [2.05, 4.69) is 31.6 Å². The number of aliphatic imine (C=N–C) groups is 1. The Kier molecular flexibility index (Phi) is 27.6. The second-order valence-corrected chi connectivity index (χ2v) is 15.4. The summed E-state index contributed by atoms with van der Waals surface area (Å²) in [6, 6.07) is -14.2. The lowest BCUT2D eigenvalue weighted by atomic mass is 9.96. The molecule has 0 fully saturated rings. The van der Waals surface area contributed by atoms with E-state index < -0.39 is 183 Å². The number of rotatable bonds is 34. The quantitative estimate of drug-likeness (QED) is 0.0162. The first-order valence-corrected chi connectivity index (χ1v) is 21.0. The summed E-state index contributed by atoms with van der Waals surface area (Å²) in [4.78, 5) is 155. The Morgan fingerprint density at radius 1 is 0.515 bits per heavy atom. The summed E-state index contributed by atoms with van der Waals surface area (Å²) < 4.78 is 0. The maximum Gasteiger partial charge on any atom is 0.326 e. The molecular weight excluding hydrogens is 914 g/mol. The predicted molar refractivity (Wildman–Crippen MR) is 230 cm³/mol. The zero-order chi connectivity index (χ0) is 52.4. The number of hydrogen-bond acceptors (Lipinski definition) is 16. The van der Waals surface area contributed by atoms with E-state index in [9.17, 15) is 93.3 Å². The van der Waals surface area contributed by atoms with Gasteiger partial charge in [-0.05, 0) is 44.9 Å². The van der Waals surface area contributed by atoms with Gasteiger partial charge in [0.1, 0.15) is 48.3 Å². The third kappa shape index (κ3) is 23.8. The SMILES string of the molecule is CC[C@H](C)[C@H](NC(=O)[C@H](CCC(=O)O)NC(=O)[C@H](CCC(=O)O)NC(=O)[C@H](CCC(=O)O)NC(=O)[C@H](CO)NC(=O)[C@H](CC(=O)O)NC(=O)[C@@H](N)[C@@H](C)O)C(=O)N[C@@H](CCCN=C(N)N)C(=O)O. The lowest BCUT2D eigenvalue weighted by Gasteiger charge is -2.29. The molecule has 0 saturated carbocycles. The van der Waals surface area contributed by atoms with Gasteiger partial charge in [0.15, 0.2) is 5.96 Å². The van der Waals surface area contributed by atoms with E-state index in [1.165, 1.54) is 6.92 Å². The second kappa shape index (κ2) is 30.9. The molecule has 68 heavy (non-hydrogen) atoms. The number of hydrogen-bond donors (Lipinski definition) is 17. The van der Waals surface area contributed by atoms with Gasteiger partial charge in [-0.25, -0.2) is 4.79 Å². The molecule has 30 heteroatoms. The average molecular weight is 978 g/mol. The van der Waals surface area contributed by atoms with Crippen LogP contribution in [0.15, 0.2) is 4.99 Å². The van der Waals surface area contributed by atoms with Crippen molar-refractivity contribution in [2.45, 2.75) is 139 Å². The van der Waals surface area contributed by atoms with Gasteiger partial charge in [0.2, 0.25) is 41.4 Å². The summed E-state index contributed by atoms with van der Waals surface area (Å²) >= 11 is 0. The fraction of sp³-hybridized carbons (Fsp3) is 0.658. The number of amides is 7. The number of nitrogens with two attached hydrogens (primary N) is 3. The normalized spacial score (nSPS) is 15.3. The van der Waals surface area contributed by atoms with E-state index in [1.54, 1.807) is 6.92 Å². The van der Waals surface area contributed by atoms with Crippen molar-refractivity contribution in [3.63, 3.8) is 0 Å². The Labute approximate surface area is 388 Å². The molecule has 30 nitrogen and oxygen atoms in total. The van der Waals surface area contributed by atoms with Crippen LogP contribution in [0.2, 0.25) is 0 Å². The van der Waals surface area contributed by atoms with Crippen molar-refractivity contribution in [3.8, 4) is 0 Å². The molecule has 0 aliphatic rings. The van der Waals surface area contributed by atoms with E-state index in [4.69, 9.17) is 17.2 Å². The van der Waals surface area contributed by atoms with Crippen LogP contribution in [0, 0.1) is 5.92 Å². The van der Waals surface area contributed by atoms with Gasteiger partial charge in [0, 0.05) is 25.8 Å². The largest absolute Gasteiger partial charge is 0.481 e. The van der Waals surface area contributed by atoms with Crippen molar-refractivity contribution in [1.29, 1.82) is 0 Å². The molecule has 0 saturated heterocycles. The average Bonchev–Trinajstić information content (AvgIpc) is 3.24. The molecule has 0 aromatic rings. The Balaban J connectivity index is 6.63. The van der Waals surface area contributed by atoms with Crippen LogP contribution in [-0.4, -0.2) is 180 Å². The number of aliphatic carboxylic acids is 5. The molecule has 7 amide bonds. The van der Waals surface area contributed by atoms with Crippen molar-refractivity contribution in [1.82, 2.24) is 37.2 Å². The molecule has 0 aromatic carbocycles. The van der Waals surface area contributed by atoms with Crippen LogP contribution < -0.4 is 54.4 Å². The minimum Gasteiger partial charge on any atom is -0.481 e. The van der Waals surface area contributed by atoms with Crippen molar-refractivity contribution < 1.29 is 93.3 Å². The van der Waals surface area contributed by atoms with E-state index >= 15 is 0 Å². The lowest BCUT2D eigenvalue weighted by molar-refractivity contribution is -0.143. The molecule has 0 aromatic heterocycles. The second-order valence-electron chi connectivity index (χ2n) is 15.4. The summed E-state index contributed by atoms with van der Waals surface area (Å²) in [5.74, 6) is -17.2. The Bertz CT molecular complexity index is 1840. The Morgan fingerprint density at radius 2 is 0.897 bits per heavy atom. The number of carbonyl (C=O) groups excluding carboxylic acids is 7. The van der Waals surface area contributed by atoms with Crippen molar-refractivity contribution in [3.05, 3.63) is 0 Å². The van der Waals surface area contributed by atoms with Gasteiger partial charge in [-0.15, -0.1) is 0 Å². The van der Waals surface area contributed by atoms with Crippen LogP contribution >= 0.6 is 0 Å². The van der Waals surface area contributed by atoms with Crippen LogP contribution in [0.3, 0.4) is 0 Å². The van der Waals surface area contributed by atoms with E-state index in [0.717, 1.165) is 6.92 Å². The molecular formula is C38H63N11O19. The number of nitrogens with one attached hydrogen (secondary N) is 7. The molecule has 0 spiro atoms. The molecule has 0 aliphatic carbocycles. The molecule has 0 aliphatic heterocycles. The summed E-state index contributed by atoms with van der Waals surface area (Å²) in [7, 11) is 0. The Hall–Kier alpha value is -7.21. The number of aliphatic hydroxyl groups is 2. The Morgan fingerprint density at radius 3 is 1.26 bits per heavy atom. The summed E-state index contributed by atoms with van der Waals surface area (Å²) in [5.41, 5.74) is 16.1. The highest BCUT2D eigenvalue weighted by atomic mass is 16.4. The number of nitrogens with zero attached hydrogens (tertiary/aromatic N) is 1. The third-order valence-corrected chi connectivity index (χ3v) is 9.84. The first-order chi connectivity index (χ1) is 31.6. The van der Waals surface area contributed by atoms with Gasteiger partial charge >= 0.3 is 29.8 Å². The maximum atomic E-state index is 13.8.